The molecule has 2 rings (SSSR count). The molecule has 0 aliphatic heterocycles. The van der Waals surface area contributed by atoms with Crippen molar-refractivity contribution in [3.05, 3.63) is 35.4 Å². The summed E-state index contributed by atoms with van der Waals surface area (Å²) in [5.74, 6) is 1.09. The van der Waals surface area contributed by atoms with Gasteiger partial charge in [-0.1, -0.05) is 61.9 Å². The van der Waals surface area contributed by atoms with Crippen LogP contribution in [0.1, 0.15) is 49.7 Å². The lowest BCUT2D eigenvalue weighted by Gasteiger charge is -2.20. The van der Waals surface area contributed by atoms with E-state index in [1.165, 1.54) is 37.7 Å². The Morgan fingerprint density at radius 2 is 1.76 bits per heavy atom. The first-order valence-electron chi connectivity index (χ1n) is 6.81. The molecule has 0 heterocycles. The first-order valence-corrected chi connectivity index (χ1v) is 6.81. The van der Waals surface area contributed by atoms with Crippen molar-refractivity contribution in [2.75, 3.05) is 0 Å². The molecule has 92 valence electrons. The topological polar surface area (TPSA) is 17.1 Å². The van der Waals surface area contributed by atoms with Gasteiger partial charge in [-0.2, -0.15) is 0 Å². The maximum atomic E-state index is 12.0. The summed E-state index contributed by atoms with van der Waals surface area (Å²) < 4.78 is 0. The zero-order valence-electron chi connectivity index (χ0n) is 10.7. The van der Waals surface area contributed by atoms with Crippen LogP contribution in [0.25, 0.3) is 0 Å². The normalized spacial score (nSPS) is 17.0. The number of carbonyl (C=O) groups excluding carboxylic acids is 1. The molecule has 0 atom stereocenters. The number of hydrogen-bond donors (Lipinski definition) is 0. The molecule has 0 radical (unpaired) electrons. The van der Waals surface area contributed by atoms with Crippen LogP contribution in [0.5, 0.6) is 0 Å². The predicted molar refractivity (Wildman–Crippen MR) is 71.1 cm³/mol. The molecular weight excluding hydrogens is 208 g/mol. The van der Waals surface area contributed by atoms with E-state index in [0.29, 0.717) is 18.1 Å². The Morgan fingerprint density at radius 1 is 1.12 bits per heavy atom. The van der Waals surface area contributed by atoms with Crippen molar-refractivity contribution < 1.29 is 4.79 Å². The first-order chi connectivity index (χ1) is 8.24. The molecule has 1 nitrogen and oxygen atoms in total. The molecular formula is C16H22O. The van der Waals surface area contributed by atoms with Crippen molar-refractivity contribution in [2.24, 2.45) is 5.92 Å². The largest absolute Gasteiger partial charge is 0.299 e. The fourth-order valence-electron chi connectivity index (χ4n) is 2.72. The van der Waals surface area contributed by atoms with Crippen molar-refractivity contribution in [3.8, 4) is 0 Å². The molecule has 1 aromatic carbocycles. The van der Waals surface area contributed by atoms with Gasteiger partial charge in [-0.25, -0.2) is 0 Å². The van der Waals surface area contributed by atoms with Crippen LogP contribution in [-0.2, 0) is 11.2 Å². The van der Waals surface area contributed by atoms with Crippen molar-refractivity contribution in [1.29, 1.82) is 0 Å². The van der Waals surface area contributed by atoms with Crippen LogP contribution in [0.3, 0.4) is 0 Å². The highest BCUT2D eigenvalue weighted by molar-refractivity contribution is 5.81. The number of Topliss-reactive ketones (excluding diaryl/α,β-unsaturated/α-hetero) is 1. The Bertz CT molecular complexity index is 358. The van der Waals surface area contributed by atoms with Crippen LogP contribution in [0.2, 0.25) is 0 Å². The molecule has 0 bridgehead atoms. The molecule has 0 N–H and O–H groups in total. The number of carbonyl (C=O) groups is 1. The quantitative estimate of drug-likeness (QED) is 0.761. The van der Waals surface area contributed by atoms with Crippen LogP contribution in [0.4, 0.5) is 0 Å². The SMILES string of the molecule is Cc1ccc(CC(=O)CC2CCCCC2)cc1. The van der Waals surface area contributed by atoms with Gasteiger partial charge in [0.15, 0.2) is 0 Å². The summed E-state index contributed by atoms with van der Waals surface area (Å²) in [7, 11) is 0. The van der Waals surface area contributed by atoms with Crippen LogP contribution < -0.4 is 0 Å². The summed E-state index contributed by atoms with van der Waals surface area (Å²) in [5.41, 5.74) is 2.42. The smallest absolute Gasteiger partial charge is 0.137 e. The minimum absolute atomic E-state index is 0.417. The van der Waals surface area contributed by atoms with Gasteiger partial charge in [-0.3, -0.25) is 4.79 Å². The van der Waals surface area contributed by atoms with Crippen LogP contribution in [0, 0.1) is 12.8 Å². The van der Waals surface area contributed by atoms with E-state index in [2.05, 4.69) is 31.2 Å². The maximum absolute atomic E-state index is 12.0. The second kappa shape index (κ2) is 6.00. The lowest BCUT2D eigenvalue weighted by atomic mass is 9.85. The second-order valence-electron chi connectivity index (χ2n) is 5.41. The summed E-state index contributed by atoms with van der Waals surface area (Å²) >= 11 is 0. The Balaban J connectivity index is 1.82. The van der Waals surface area contributed by atoms with Gasteiger partial charge in [0.25, 0.3) is 0 Å². The highest BCUT2D eigenvalue weighted by Gasteiger charge is 2.16. The van der Waals surface area contributed by atoms with Gasteiger partial charge in [-0.15, -0.1) is 0 Å². The second-order valence-corrected chi connectivity index (χ2v) is 5.41. The number of hydrogen-bond acceptors (Lipinski definition) is 1. The molecule has 0 saturated heterocycles. The predicted octanol–water partition coefficient (Wildman–Crippen LogP) is 4.08. The third-order valence-corrected chi connectivity index (χ3v) is 3.76. The molecule has 1 aliphatic rings. The van der Waals surface area contributed by atoms with Crippen LogP contribution >= 0.6 is 0 Å². The Hall–Kier alpha value is -1.11. The van der Waals surface area contributed by atoms with Gasteiger partial charge in [-0.05, 0) is 18.4 Å². The van der Waals surface area contributed by atoms with Gasteiger partial charge in [0.2, 0.25) is 0 Å². The van der Waals surface area contributed by atoms with Gasteiger partial charge < -0.3 is 0 Å². The van der Waals surface area contributed by atoms with Crippen molar-refractivity contribution in [1.82, 2.24) is 0 Å². The van der Waals surface area contributed by atoms with Crippen LogP contribution in [-0.4, -0.2) is 5.78 Å². The van der Waals surface area contributed by atoms with Crippen LogP contribution in [0.15, 0.2) is 24.3 Å². The monoisotopic (exact) mass is 230 g/mol. The highest BCUT2D eigenvalue weighted by Crippen LogP contribution is 2.26. The molecule has 1 aromatic rings. The standard InChI is InChI=1S/C16H22O/c1-13-7-9-15(10-8-13)12-16(17)11-14-5-3-2-4-6-14/h7-10,14H,2-6,11-12H2,1H3. The Kier molecular flexibility index (Phi) is 4.36. The van der Waals surface area contributed by atoms with Crippen molar-refractivity contribution in [2.45, 2.75) is 51.9 Å². The minimum atomic E-state index is 0.417. The molecule has 0 aromatic heterocycles. The summed E-state index contributed by atoms with van der Waals surface area (Å²) in [6.07, 6.45) is 7.96. The van der Waals surface area contributed by atoms with E-state index >= 15 is 0 Å². The van der Waals surface area contributed by atoms with Crippen molar-refractivity contribution >= 4 is 5.78 Å². The molecule has 1 aliphatic carbocycles. The third kappa shape index (κ3) is 3.99. The lowest BCUT2D eigenvalue weighted by Crippen LogP contribution is -2.13. The zero-order chi connectivity index (χ0) is 12.1. The molecule has 1 heteroatoms. The maximum Gasteiger partial charge on any atom is 0.137 e. The summed E-state index contributed by atoms with van der Waals surface area (Å²) in [6.45, 7) is 2.08. The van der Waals surface area contributed by atoms with E-state index in [0.717, 1.165) is 12.0 Å². The third-order valence-electron chi connectivity index (χ3n) is 3.76. The summed E-state index contributed by atoms with van der Waals surface area (Å²) in [5, 5.41) is 0. The number of aryl methyl sites for hydroxylation is 1. The van der Waals surface area contributed by atoms with E-state index in [1.807, 2.05) is 0 Å². The molecule has 1 saturated carbocycles. The number of ketones is 1. The fourth-order valence-corrected chi connectivity index (χ4v) is 2.72. The Labute approximate surface area is 104 Å². The van der Waals surface area contributed by atoms with Gasteiger partial charge >= 0.3 is 0 Å². The average molecular weight is 230 g/mol. The number of benzene rings is 1. The van der Waals surface area contributed by atoms with Gasteiger partial charge in [0.05, 0.1) is 0 Å². The Morgan fingerprint density at radius 3 is 2.41 bits per heavy atom. The van der Waals surface area contributed by atoms with E-state index in [9.17, 15) is 4.79 Å². The molecule has 17 heavy (non-hydrogen) atoms. The van der Waals surface area contributed by atoms with E-state index in [1.54, 1.807) is 0 Å². The summed E-state index contributed by atoms with van der Waals surface area (Å²) in [4.78, 5) is 12.0. The highest BCUT2D eigenvalue weighted by atomic mass is 16.1. The fraction of sp³-hybridized carbons (Fsp3) is 0.562. The van der Waals surface area contributed by atoms with Gasteiger partial charge in [0.1, 0.15) is 5.78 Å². The average Bonchev–Trinajstić information content (AvgIpc) is 2.33. The van der Waals surface area contributed by atoms with E-state index in [4.69, 9.17) is 0 Å². The number of rotatable bonds is 4. The molecule has 0 amide bonds. The molecule has 1 fully saturated rings. The van der Waals surface area contributed by atoms with Crippen molar-refractivity contribution in [3.63, 3.8) is 0 Å². The van der Waals surface area contributed by atoms with Gasteiger partial charge in [0, 0.05) is 12.8 Å². The lowest BCUT2D eigenvalue weighted by molar-refractivity contribution is -0.119. The van der Waals surface area contributed by atoms with E-state index < -0.39 is 0 Å². The first kappa shape index (κ1) is 12.3. The van der Waals surface area contributed by atoms with E-state index in [-0.39, 0.29) is 0 Å². The zero-order valence-corrected chi connectivity index (χ0v) is 10.7. The molecule has 0 spiro atoms. The summed E-state index contributed by atoms with van der Waals surface area (Å²) in [6, 6.07) is 8.33. The molecule has 0 unspecified atom stereocenters. The minimum Gasteiger partial charge on any atom is -0.299 e.